The lowest BCUT2D eigenvalue weighted by atomic mass is 10.2. The van der Waals surface area contributed by atoms with Crippen molar-refractivity contribution in [3.63, 3.8) is 0 Å². The van der Waals surface area contributed by atoms with Crippen molar-refractivity contribution >= 4 is 11.8 Å². The quantitative estimate of drug-likeness (QED) is 0.897. The van der Waals surface area contributed by atoms with Crippen LogP contribution in [0.1, 0.15) is 32.8 Å². The molecular weight excluding hydrogens is 268 g/mol. The summed E-state index contributed by atoms with van der Waals surface area (Å²) in [4.78, 5) is 14.0. The Morgan fingerprint density at radius 2 is 2.05 bits per heavy atom. The van der Waals surface area contributed by atoms with E-state index in [2.05, 4.69) is 10.2 Å². The van der Waals surface area contributed by atoms with Crippen LogP contribution >= 0.6 is 0 Å². The van der Waals surface area contributed by atoms with E-state index in [-0.39, 0.29) is 18.7 Å². The van der Waals surface area contributed by atoms with Crippen molar-refractivity contribution in [1.82, 2.24) is 5.32 Å². The molecule has 2 N–H and O–H groups in total. The fraction of sp³-hybridized carbons (Fsp3) is 0.562. The van der Waals surface area contributed by atoms with Crippen LogP contribution in [0, 0.1) is 0 Å². The van der Waals surface area contributed by atoms with Gasteiger partial charge in [0, 0.05) is 18.8 Å². The molecule has 0 bridgehead atoms. The molecule has 21 heavy (non-hydrogen) atoms. The van der Waals surface area contributed by atoms with E-state index in [1.165, 1.54) is 0 Å². The van der Waals surface area contributed by atoms with E-state index in [0.29, 0.717) is 0 Å². The van der Waals surface area contributed by atoms with E-state index in [1.54, 1.807) is 0 Å². The first-order chi connectivity index (χ1) is 9.87. The fourth-order valence-corrected chi connectivity index (χ4v) is 2.40. The second-order valence-corrected chi connectivity index (χ2v) is 6.40. The predicted octanol–water partition coefficient (Wildman–Crippen LogP) is 2.28. The summed E-state index contributed by atoms with van der Waals surface area (Å²) in [5, 5.41) is 12.0. The van der Waals surface area contributed by atoms with Gasteiger partial charge in [-0.1, -0.05) is 12.1 Å². The summed E-state index contributed by atoms with van der Waals surface area (Å²) in [7, 11) is 0. The van der Waals surface area contributed by atoms with Crippen LogP contribution in [0.3, 0.4) is 0 Å². The molecule has 1 aliphatic heterocycles. The second-order valence-electron chi connectivity index (χ2n) is 6.40. The highest BCUT2D eigenvalue weighted by atomic mass is 16.6. The SMILES string of the molecule is CC(C)(C)OC(=O)N[C@@H]1CCN(c2ccc(CO)cc2)C1. The average molecular weight is 292 g/mol. The average Bonchev–Trinajstić information content (AvgIpc) is 2.85. The summed E-state index contributed by atoms with van der Waals surface area (Å²) in [5.41, 5.74) is 1.55. The number of hydrogen-bond acceptors (Lipinski definition) is 4. The number of carbonyl (C=O) groups excluding carboxylic acids is 1. The number of aliphatic hydroxyl groups is 1. The molecule has 0 saturated carbocycles. The lowest BCUT2D eigenvalue weighted by Gasteiger charge is -2.22. The normalized spacial score (nSPS) is 18.7. The summed E-state index contributed by atoms with van der Waals surface area (Å²) < 4.78 is 5.27. The monoisotopic (exact) mass is 292 g/mol. The van der Waals surface area contributed by atoms with Gasteiger partial charge in [-0.3, -0.25) is 0 Å². The number of nitrogens with one attached hydrogen (secondary N) is 1. The second kappa shape index (κ2) is 6.35. The largest absolute Gasteiger partial charge is 0.444 e. The van der Waals surface area contributed by atoms with E-state index in [1.807, 2.05) is 45.0 Å². The molecule has 0 aliphatic carbocycles. The molecule has 0 radical (unpaired) electrons. The van der Waals surface area contributed by atoms with E-state index in [4.69, 9.17) is 9.84 Å². The van der Waals surface area contributed by atoms with Gasteiger partial charge in [-0.15, -0.1) is 0 Å². The predicted molar refractivity (Wildman–Crippen MR) is 82.4 cm³/mol. The summed E-state index contributed by atoms with van der Waals surface area (Å²) >= 11 is 0. The number of carbonyl (C=O) groups is 1. The van der Waals surface area contributed by atoms with E-state index in [9.17, 15) is 4.79 Å². The maximum atomic E-state index is 11.8. The van der Waals surface area contributed by atoms with Crippen LogP contribution in [0.15, 0.2) is 24.3 Å². The van der Waals surface area contributed by atoms with Gasteiger partial charge in [0.1, 0.15) is 5.60 Å². The molecule has 0 aromatic heterocycles. The maximum absolute atomic E-state index is 11.8. The lowest BCUT2D eigenvalue weighted by Crippen LogP contribution is -2.40. The van der Waals surface area contributed by atoms with E-state index >= 15 is 0 Å². The molecule has 5 nitrogen and oxygen atoms in total. The zero-order valence-electron chi connectivity index (χ0n) is 12.9. The standard InChI is InChI=1S/C16H24N2O3/c1-16(2,3)21-15(20)17-13-8-9-18(10-13)14-6-4-12(11-19)5-7-14/h4-7,13,19H,8-11H2,1-3H3,(H,17,20)/t13-/m1/s1. The molecule has 0 unspecified atom stereocenters. The van der Waals surface area contributed by atoms with Gasteiger partial charge in [-0.2, -0.15) is 0 Å². The number of benzene rings is 1. The lowest BCUT2D eigenvalue weighted by molar-refractivity contribution is 0.0509. The molecule has 1 aliphatic rings. The zero-order chi connectivity index (χ0) is 15.5. The number of nitrogens with zero attached hydrogens (tertiary/aromatic N) is 1. The van der Waals surface area contributed by atoms with Gasteiger partial charge in [0.25, 0.3) is 0 Å². The Labute approximate surface area is 125 Å². The summed E-state index contributed by atoms with van der Waals surface area (Å²) in [6, 6.07) is 7.95. The summed E-state index contributed by atoms with van der Waals surface area (Å²) in [6.45, 7) is 7.31. The van der Waals surface area contributed by atoms with Gasteiger partial charge in [0.15, 0.2) is 0 Å². The van der Waals surface area contributed by atoms with Crippen molar-refractivity contribution in [2.75, 3.05) is 18.0 Å². The topological polar surface area (TPSA) is 61.8 Å². The van der Waals surface area contributed by atoms with Crippen molar-refractivity contribution in [3.8, 4) is 0 Å². The summed E-state index contributed by atoms with van der Waals surface area (Å²) in [6.07, 6.45) is 0.547. The highest BCUT2D eigenvalue weighted by Crippen LogP contribution is 2.21. The minimum absolute atomic E-state index is 0.0586. The van der Waals surface area contributed by atoms with E-state index in [0.717, 1.165) is 30.8 Å². The first-order valence-corrected chi connectivity index (χ1v) is 7.31. The van der Waals surface area contributed by atoms with Gasteiger partial charge in [-0.25, -0.2) is 4.79 Å². The number of alkyl carbamates (subject to hydrolysis) is 1. The van der Waals surface area contributed by atoms with Crippen molar-refractivity contribution in [1.29, 1.82) is 0 Å². The van der Waals surface area contributed by atoms with Crippen LogP contribution in [0.4, 0.5) is 10.5 Å². The first-order valence-electron chi connectivity index (χ1n) is 7.31. The molecule has 5 heteroatoms. The van der Waals surface area contributed by atoms with E-state index < -0.39 is 5.60 Å². The third-order valence-electron chi connectivity index (χ3n) is 3.39. The van der Waals surface area contributed by atoms with Crippen molar-refractivity contribution in [2.45, 2.75) is 45.4 Å². The van der Waals surface area contributed by atoms with Gasteiger partial charge >= 0.3 is 6.09 Å². The highest BCUT2D eigenvalue weighted by Gasteiger charge is 2.26. The molecule has 2 rings (SSSR count). The van der Waals surface area contributed by atoms with Gasteiger partial charge < -0.3 is 20.1 Å². The molecule has 1 aromatic carbocycles. The molecule has 1 fully saturated rings. The maximum Gasteiger partial charge on any atom is 0.407 e. The molecule has 1 saturated heterocycles. The van der Waals surface area contributed by atoms with Gasteiger partial charge in [-0.05, 0) is 44.9 Å². The molecule has 1 atom stereocenters. The van der Waals surface area contributed by atoms with Crippen LogP contribution in [-0.4, -0.2) is 35.9 Å². The highest BCUT2D eigenvalue weighted by molar-refractivity contribution is 5.68. The number of ether oxygens (including phenoxy) is 1. The zero-order valence-corrected chi connectivity index (χ0v) is 12.9. The van der Waals surface area contributed by atoms with Crippen LogP contribution < -0.4 is 10.2 Å². The fourth-order valence-electron chi connectivity index (χ4n) is 2.40. The Morgan fingerprint density at radius 1 is 1.38 bits per heavy atom. The minimum atomic E-state index is -0.470. The number of amides is 1. The Hall–Kier alpha value is -1.75. The van der Waals surface area contributed by atoms with Crippen molar-refractivity contribution in [2.24, 2.45) is 0 Å². The van der Waals surface area contributed by atoms with Gasteiger partial charge in [0.2, 0.25) is 0 Å². The summed E-state index contributed by atoms with van der Waals surface area (Å²) in [5.74, 6) is 0. The third-order valence-corrected chi connectivity index (χ3v) is 3.39. The number of rotatable bonds is 3. The van der Waals surface area contributed by atoms with Crippen LogP contribution in [0.5, 0.6) is 0 Å². The smallest absolute Gasteiger partial charge is 0.407 e. The van der Waals surface area contributed by atoms with Crippen LogP contribution in [-0.2, 0) is 11.3 Å². The van der Waals surface area contributed by atoms with Crippen LogP contribution in [0.2, 0.25) is 0 Å². The number of aliphatic hydroxyl groups excluding tert-OH is 1. The molecule has 1 heterocycles. The van der Waals surface area contributed by atoms with Gasteiger partial charge in [0.05, 0.1) is 12.6 Å². The Morgan fingerprint density at radius 3 is 2.62 bits per heavy atom. The first kappa shape index (κ1) is 15.6. The Balaban J connectivity index is 1.86. The Bertz CT molecular complexity index is 479. The molecule has 1 amide bonds. The number of hydrogen-bond donors (Lipinski definition) is 2. The van der Waals surface area contributed by atoms with Crippen molar-refractivity contribution < 1.29 is 14.6 Å². The Kier molecular flexibility index (Phi) is 4.73. The minimum Gasteiger partial charge on any atom is -0.444 e. The molecule has 1 aromatic rings. The number of anilines is 1. The third kappa shape index (κ3) is 4.63. The molecule has 0 spiro atoms. The van der Waals surface area contributed by atoms with Crippen molar-refractivity contribution in [3.05, 3.63) is 29.8 Å². The van der Waals surface area contributed by atoms with Crippen LogP contribution in [0.25, 0.3) is 0 Å². The molecular formula is C16H24N2O3. The molecule has 116 valence electrons.